The van der Waals surface area contributed by atoms with Crippen molar-refractivity contribution in [2.75, 3.05) is 26.4 Å². The lowest BCUT2D eigenvalue weighted by Crippen LogP contribution is -2.27. The number of aliphatic hydroxyl groups excluding tert-OH is 1. The first-order valence-corrected chi connectivity index (χ1v) is 4.32. The molecule has 0 unspecified atom stereocenters. The quantitative estimate of drug-likeness (QED) is 0.345. The van der Waals surface area contributed by atoms with Crippen LogP contribution in [0.3, 0.4) is 0 Å². The van der Waals surface area contributed by atoms with E-state index < -0.39 is 0 Å². The fraction of sp³-hybridized carbons (Fsp3) is 1.00. The van der Waals surface area contributed by atoms with E-state index in [1.807, 2.05) is 20.8 Å². The van der Waals surface area contributed by atoms with E-state index in [0.717, 1.165) is 0 Å². The number of rotatable bonds is 7. The van der Waals surface area contributed by atoms with E-state index in [1.54, 1.807) is 0 Å². The van der Waals surface area contributed by atoms with Crippen molar-refractivity contribution in [2.24, 2.45) is 0 Å². The van der Waals surface area contributed by atoms with Crippen LogP contribution in [-0.2, 0) is 14.6 Å². The molecule has 13 heavy (non-hydrogen) atoms. The average molecular weight is 193 g/mol. The van der Waals surface area contributed by atoms with E-state index in [-0.39, 0.29) is 12.2 Å². The highest BCUT2D eigenvalue weighted by Gasteiger charge is 2.10. The molecule has 0 rings (SSSR count). The summed E-state index contributed by atoms with van der Waals surface area (Å²) < 4.78 is 4.97. The van der Waals surface area contributed by atoms with Crippen molar-refractivity contribution in [2.45, 2.75) is 26.4 Å². The highest BCUT2D eigenvalue weighted by atomic mass is 17.3. The Morgan fingerprint density at radius 1 is 1.23 bits per heavy atom. The topological polar surface area (TPSA) is 60.0 Å². The lowest BCUT2D eigenvalue weighted by atomic mass is 10.2. The van der Waals surface area contributed by atoms with Gasteiger partial charge in [0.15, 0.2) is 0 Å². The van der Waals surface area contributed by atoms with Crippen molar-refractivity contribution in [3.8, 4) is 0 Å². The second kappa shape index (κ2) is 7.23. The summed E-state index contributed by atoms with van der Waals surface area (Å²) in [6.07, 6.45) is 0. The second-order valence-electron chi connectivity index (χ2n) is 3.51. The summed E-state index contributed by atoms with van der Waals surface area (Å²) in [6, 6.07) is 0. The lowest BCUT2D eigenvalue weighted by molar-refractivity contribution is -0.384. The molecule has 0 aliphatic rings. The van der Waals surface area contributed by atoms with Gasteiger partial charge in [-0.3, -0.25) is 0 Å². The zero-order valence-corrected chi connectivity index (χ0v) is 8.50. The average Bonchev–Trinajstić information content (AvgIpc) is 2.01. The molecule has 0 bridgehead atoms. The largest absolute Gasteiger partial charge is 0.394 e. The predicted molar refractivity (Wildman–Crippen MR) is 47.8 cm³/mol. The van der Waals surface area contributed by atoms with Gasteiger partial charge < -0.3 is 9.84 Å². The molecule has 0 fully saturated rings. The fourth-order valence-electron chi connectivity index (χ4n) is 0.477. The molecular formula is C8H19NO4. The third kappa shape index (κ3) is 11.8. The van der Waals surface area contributed by atoms with Gasteiger partial charge in [-0.2, -0.15) is 5.48 Å². The summed E-state index contributed by atoms with van der Waals surface area (Å²) >= 11 is 0. The predicted octanol–water partition coefficient (Wildman–Crippen LogP) is 0.247. The minimum atomic E-state index is -0.320. The van der Waals surface area contributed by atoms with E-state index in [2.05, 4.69) is 10.5 Å². The van der Waals surface area contributed by atoms with Gasteiger partial charge in [0.25, 0.3) is 0 Å². The van der Waals surface area contributed by atoms with E-state index in [0.29, 0.717) is 19.8 Å². The van der Waals surface area contributed by atoms with E-state index in [9.17, 15) is 0 Å². The van der Waals surface area contributed by atoms with Crippen molar-refractivity contribution in [1.29, 1.82) is 0 Å². The number of hydrogen-bond acceptors (Lipinski definition) is 5. The number of aliphatic hydroxyl groups is 1. The normalized spacial score (nSPS) is 12.0. The van der Waals surface area contributed by atoms with Crippen molar-refractivity contribution in [3.63, 3.8) is 0 Å². The molecule has 0 spiro atoms. The summed E-state index contributed by atoms with van der Waals surface area (Å²) in [5, 5.41) is 8.37. The molecule has 0 saturated carbocycles. The molecule has 0 heterocycles. The van der Waals surface area contributed by atoms with Crippen LogP contribution in [0, 0.1) is 0 Å². The summed E-state index contributed by atoms with van der Waals surface area (Å²) in [4.78, 5) is 9.61. The first kappa shape index (κ1) is 12.8. The maximum Gasteiger partial charge on any atom is 0.0972 e. The van der Waals surface area contributed by atoms with Gasteiger partial charge in [-0.1, -0.05) is 0 Å². The number of hydrogen-bond donors (Lipinski definition) is 2. The van der Waals surface area contributed by atoms with Gasteiger partial charge >= 0.3 is 0 Å². The molecule has 0 saturated heterocycles. The van der Waals surface area contributed by atoms with Crippen LogP contribution >= 0.6 is 0 Å². The van der Waals surface area contributed by atoms with Crippen LogP contribution in [-0.4, -0.2) is 37.1 Å². The summed E-state index contributed by atoms with van der Waals surface area (Å²) in [6.45, 7) is 7.05. The molecular weight excluding hydrogens is 174 g/mol. The number of nitrogens with one attached hydrogen (secondary N) is 1. The minimum Gasteiger partial charge on any atom is -0.394 e. The Kier molecular flexibility index (Phi) is 7.12. The van der Waals surface area contributed by atoms with Crippen molar-refractivity contribution in [3.05, 3.63) is 0 Å². The molecule has 0 amide bonds. The van der Waals surface area contributed by atoms with Gasteiger partial charge in [-0.25, -0.2) is 4.89 Å². The number of hydroxylamine groups is 1. The minimum absolute atomic E-state index is 0.0410. The fourth-order valence-corrected chi connectivity index (χ4v) is 0.477. The Balaban J connectivity index is 3.00. The van der Waals surface area contributed by atoms with Crippen molar-refractivity contribution >= 4 is 0 Å². The smallest absolute Gasteiger partial charge is 0.0972 e. The van der Waals surface area contributed by atoms with Gasteiger partial charge in [0.2, 0.25) is 0 Å². The summed E-state index contributed by atoms with van der Waals surface area (Å²) in [5.41, 5.74) is 2.25. The SMILES string of the molecule is CC(C)(C)OONCCOCCO. The van der Waals surface area contributed by atoms with Crippen LogP contribution in [0.5, 0.6) is 0 Å². The van der Waals surface area contributed by atoms with Gasteiger partial charge in [0.1, 0.15) is 0 Å². The van der Waals surface area contributed by atoms with Crippen molar-refractivity contribution in [1.82, 2.24) is 5.48 Å². The molecule has 0 aromatic carbocycles. The van der Waals surface area contributed by atoms with Gasteiger partial charge in [0.05, 0.1) is 25.4 Å². The Bertz CT molecular complexity index is 113. The highest BCUT2D eigenvalue weighted by Crippen LogP contribution is 2.05. The Morgan fingerprint density at radius 2 is 1.92 bits per heavy atom. The van der Waals surface area contributed by atoms with Crippen LogP contribution < -0.4 is 5.48 Å². The van der Waals surface area contributed by atoms with Crippen LogP contribution in [0.25, 0.3) is 0 Å². The van der Waals surface area contributed by atoms with Gasteiger partial charge in [-0.05, 0) is 20.8 Å². The van der Waals surface area contributed by atoms with Gasteiger partial charge in [0, 0.05) is 6.54 Å². The Morgan fingerprint density at radius 3 is 2.46 bits per heavy atom. The standard InChI is InChI=1S/C8H19NO4/c1-8(2,3)12-13-9-4-6-11-7-5-10/h9-10H,4-7H2,1-3H3. The maximum absolute atomic E-state index is 8.37. The molecule has 0 aromatic rings. The van der Waals surface area contributed by atoms with E-state index in [4.69, 9.17) is 14.7 Å². The molecule has 0 aliphatic heterocycles. The third-order valence-corrected chi connectivity index (χ3v) is 0.935. The number of ether oxygens (including phenoxy) is 1. The summed E-state index contributed by atoms with van der Waals surface area (Å²) in [7, 11) is 0. The summed E-state index contributed by atoms with van der Waals surface area (Å²) in [5.74, 6) is 0. The zero-order chi connectivity index (χ0) is 10.2. The molecule has 0 radical (unpaired) electrons. The Labute approximate surface area is 78.9 Å². The zero-order valence-electron chi connectivity index (χ0n) is 8.50. The molecule has 5 nitrogen and oxygen atoms in total. The van der Waals surface area contributed by atoms with Crippen molar-refractivity contribution < 1.29 is 19.7 Å². The monoisotopic (exact) mass is 193 g/mol. The lowest BCUT2D eigenvalue weighted by Gasteiger charge is -2.16. The van der Waals surface area contributed by atoms with E-state index in [1.165, 1.54) is 0 Å². The first-order valence-electron chi connectivity index (χ1n) is 4.32. The molecule has 0 atom stereocenters. The van der Waals surface area contributed by atoms with Crippen LogP contribution in [0.2, 0.25) is 0 Å². The van der Waals surface area contributed by atoms with Crippen LogP contribution in [0.15, 0.2) is 0 Å². The molecule has 5 heteroatoms. The van der Waals surface area contributed by atoms with Crippen LogP contribution in [0.4, 0.5) is 0 Å². The molecule has 2 N–H and O–H groups in total. The molecule has 80 valence electrons. The molecule has 0 aromatic heterocycles. The highest BCUT2D eigenvalue weighted by molar-refractivity contribution is 4.54. The van der Waals surface area contributed by atoms with E-state index >= 15 is 0 Å². The Hall–Kier alpha value is -0.200. The van der Waals surface area contributed by atoms with Gasteiger partial charge in [-0.15, -0.1) is 4.99 Å². The molecule has 0 aliphatic carbocycles. The third-order valence-electron chi connectivity index (χ3n) is 0.935. The first-order chi connectivity index (χ1) is 6.06. The second-order valence-corrected chi connectivity index (χ2v) is 3.51. The maximum atomic E-state index is 8.37. The van der Waals surface area contributed by atoms with Crippen LogP contribution in [0.1, 0.15) is 20.8 Å².